The number of benzene rings is 1. The van der Waals surface area contributed by atoms with Crippen molar-refractivity contribution in [2.75, 3.05) is 18.2 Å². The summed E-state index contributed by atoms with van der Waals surface area (Å²) >= 11 is 2.72. The monoisotopic (exact) mass is 441 g/mol. The fraction of sp³-hybridized carbons (Fsp3) is 0.200. The third-order valence-electron chi connectivity index (χ3n) is 4.16. The van der Waals surface area contributed by atoms with Crippen LogP contribution < -0.4 is 10.1 Å². The number of carbonyl (C=O) groups is 1. The Labute approximate surface area is 181 Å². The van der Waals surface area contributed by atoms with Crippen molar-refractivity contribution < 1.29 is 13.9 Å². The summed E-state index contributed by atoms with van der Waals surface area (Å²) < 4.78 is 12.7. The van der Waals surface area contributed by atoms with Gasteiger partial charge in [0.1, 0.15) is 11.5 Å². The van der Waals surface area contributed by atoms with E-state index in [9.17, 15) is 4.79 Å². The van der Waals surface area contributed by atoms with Crippen LogP contribution >= 0.6 is 23.1 Å². The molecule has 0 aliphatic rings. The van der Waals surface area contributed by atoms with Crippen LogP contribution in [0.1, 0.15) is 11.5 Å². The minimum atomic E-state index is -0.145. The highest BCUT2D eigenvalue weighted by molar-refractivity contribution is 7.99. The molecule has 0 aliphatic carbocycles. The molecule has 1 aromatic carbocycles. The first kappa shape index (κ1) is 20.2. The smallest absolute Gasteiger partial charge is 0.236 e. The highest BCUT2D eigenvalue weighted by Crippen LogP contribution is 2.27. The molecular weight excluding hydrogens is 422 g/mol. The van der Waals surface area contributed by atoms with Crippen LogP contribution in [0.15, 0.2) is 57.6 Å². The molecule has 10 heteroatoms. The topological polar surface area (TPSA) is 95.1 Å². The Balaban J connectivity index is 1.54. The van der Waals surface area contributed by atoms with Crippen molar-refractivity contribution in [3.63, 3.8) is 0 Å². The number of ether oxygens (including phenoxy) is 1. The van der Waals surface area contributed by atoms with Crippen molar-refractivity contribution in [3.05, 3.63) is 59.5 Å². The van der Waals surface area contributed by atoms with Crippen LogP contribution in [0.4, 0.5) is 5.13 Å². The molecule has 0 aliphatic heterocycles. The maximum absolute atomic E-state index is 12.3. The minimum absolute atomic E-state index is 0.145. The maximum Gasteiger partial charge on any atom is 0.236 e. The summed E-state index contributed by atoms with van der Waals surface area (Å²) in [7, 11) is 1.63. The Morgan fingerprint density at radius 1 is 1.27 bits per heavy atom. The number of anilines is 1. The van der Waals surface area contributed by atoms with Crippen LogP contribution in [-0.4, -0.2) is 38.5 Å². The van der Waals surface area contributed by atoms with E-state index in [1.807, 2.05) is 53.3 Å². The molecule has 154 valence electrons. The predicted molar refractivity (Wildman–Crippen MR) is 116 cm³/mol. The van der Waals surface area contributed by atoms with Crippen LogP contribution in [0.2, 0.25) is 0 Å². The Morgan fingerprint density at radius 2 is 2.10 bits per heavy atom. The van der Waals surface area contributed by atoms with Crippen LogP contribution in [-0.2, 0) is 11.3 Å². The summed E-state index contributed by atoms with van der Waals surface area (Å²) in [5.74, 6) is 2.27. The van der Waals surface area contributed by atoms with Crippen LogP contribution in [0.5, 0.6) is 5.75 Å². The molecule has 0 fully saturated rings. The second kappa shape index (κ2) is 9.14. The largest absolute Gasteiger partial charge is 0.497 e. The van der Waals surface area contributed by atoms with Gasteiger partial charge in [0.05, 0.1) is 31.4 Å². The average molecular weight is 442 g/mol. The van der Waals surface area contributed by atoms with Crippen molar-refractivity contribution in [3.8, 4) is 17.1 Å². The molecule has 4 rings (SSSR count). The number of aryl methyl sites for hydroxylation is 1. The molecule has 0 saturated heterocycles. The van der Waals surface area contributed by atoms with Crippen LogP contribution in [0.25, 0.3) is 11.4 Å². The number of hydrogen-bond acceptors (Lipinski definition) is 8. The molecular formula is C20H19N5O3S2. The number of furan rings is 1. The van der Waals surface area contributed by atoms with Gasteiger partial charge in [-0.1, -0.05) is 11.8 Å². The summed E-state index contributed by atoms with van der Waals surface area (Å²) in [6.07, 6.45) is 1.63. The van der Waals surface area contributed by atoms with Crippen LogP contribution in [0.3, 0.4) is 0 Å². The summed E-state index contributed by atoms with van der Waals surface area (Å²) in [5, 5.41) is 14.6. The number of rotatable bonds is 8. The molecule has 0 unspecified atom stereocenters. The summed E-state index contributed by atoms with van der Waals surface area (Å²) in [6, 6.07) is 11.3. The van der Waals surface area contributed by atoms with E-state index < -0.39 is 0 Å². The van der Waals surface area contributed by atoms with Gasteiger partial charge in [-0.3, -0.25) is 9.36 Å². The number of nitrogens with zero attached hydrogens (tertiary/aromatic N) is 4. The number of thioether (sulfide) groups is 1. The van der Waals surface area contributed by atoms with Gasteiger partial charge in [0, 0.05) is 10.9 Å². The van der Waals surface area contributed by atoms with Gasteiger partial charge in [0.15, 0.2) is 16.1 Å². The average Bonchev–Trinajstić information content (AvgIpc) is 3.49. The summed E-state index contributed by atoms with van der Waals surface area (Å²) in [5.41, 5.74) is 1.77. The van der Waals surface area contributed by atoms with Crippen molar-refractivity contribution in [2.24, 2.45) is 0 Å². The third kappa shape index (κ3) is 4.71. The quantitative estimate of drug-likeness (QED) is 0.412. The number of carbonyl (C=O) groups excluding carboxylic acids is 1. The van der Waals surface area contributed by atoms with E-state index in [0.717, 1.165) is 22.8 Å². The van der Waals surface area contributed by atoms with Gasteiger partial charge in [-0.25, -0.2) is 4.98 Å². The van der Waals surface area contributed by atoms with Gasteiger partial charge in [0.2, 0.25) is 5.91 Å². The van der Waals surface area contributed by atoms with Gasteiger partial charge in [-0.15, -0.1) is 21.5 Å². The Hall–Kier alpha value is -3.11. The van der Waals surface area contributed by atoms with E-state index in [2.05, 4.69) is 20.5 Å². The molecule has 3 aromatic heterocycles. The van der Waals surface area contributed by atoms with E-state index in [0.29, 0.717) is 22.7 Å². The number of amides is 1. The minimum Gasteiger partial charge on any atom is -0.497 e. The summed E-state index contributed by atoms with van der Waals surface area (Å²) in [4.78, 5) is 16.6. The van der Waals surface area contributed by atoms with Crippen molar-refractivity contribution in [1.29, 1.82) is 0 Å². The highest BCUT2D eigenvalue weighted by Gasteiger charge is 2.17. The molecule has 0 spiro atoms. The molecule has 4 aromatic rings. The SMILES string of the molecule is COc1ccc(-c2nnc(SCC(=O)Nc3nc(C)cs3)n2Cc2ccco2)cc1. The zero-order valence-electron chi connectivity index (χ0n) is 16.4. The predicted octanol–water partition coefficient (Wildman–Crippen LogP) is 4.09. The number of thiazole rings is 1. The molecule has 8 nitrogen and oxygen atoms in total. The van der Waals surface area contributed by atoms with E-state index in [-0.39, 0.29) is 11.7 Å². The molecule has 1 amide bonds. The third-order valence-corrected chi connectivity index (χ3v) is 6.00. The van der Waals surface area contributed by atoms with Gasteiger partial charge in [0.25, 0.3) is 0 Å². The van der Waals surface area contributed by atoms with Crippen molar-refractivity contribution in [2.45, 2.75) is 18.6 Å². The number of aromatic nitrogens is 4. The number of hydrogen-bond donors (Lipinski definition) is 1. The van der Waals surface area contributed by atoms with Crippen molar-refractivity contribution in [1.82, 2.24) is 19.7 Å². The van der Waals surface area contributed by atoms with Crippen LogP contribution in [0, 0.1) is 6.92 Å². The Morgan fingerprint density at radius 3 is 2.77 bits per heavy atom. The fourth-order valence-electron chi connectivity index (χ4n) is 2.75. The molecule has 0 saturated carbocycles. The summed E-state index contributed by atoms with van der Waals surface area (Å²) in [6.45, 7) is 2.34. The van der Waals surface area contributed by atoms with Gasteiger partial charge in [-0.2, -0.15) is 0 Å². The standard InChI is InChI=1S/C20H19N5O3S2/c1-13-11-29-19(21-13)22-17(26)12-30-20-24-23-18(14-5-7-15(27-2)8-6-14)25(20)10-16-4-3-9-28-16/h3-9,11H,10,12H2,1-2H3,(H,21,22,26). The first-order valence-corrected chi connectivity index (χ1v) is 10.9. The normalized spacial score (nSPS) is 10.9. The second-order valence-corrected chi connectivity index (χ2v) is 8.13. The van der Waals surface area contributed by atoms with Gasteiger partial charge in [-0.05, 0) is 43.3 Å². The fourth-order valence-corrected chi connectivity index (χ4v) is 4.19. The Bertz CT molecular complexity index is 1120. The van der Waals surface area contributed by atoms with E-state index in [1.54, 1.807) is 13.4 Å². The van der Waals surface area contributed by atoms with E-state index in [1.165, 1.54) is 23.1 Å². The van der Waals surface area contributed by atoms with Gasteiger partial charge < -0.3 is 14.5 Å². The zero-order chi connectivity index (χ0) is 20.9. The maximum atomic E-state index is 12.3. The van der Waals surface area contributed by atoms with Crippen molar-refractivity contribution >= 4 is 34.1 Å². The molecule has 0 radical (unpaired) electrons. The van der Waals surface area contributed by atoms with Gasteiger partial charge >= 0.3 is 0 Å². The van der Waals surface area contributed by atoms with E-state index in [4.69, 9.17) is 9.15 Å². The lowest BCUT2D eigenvalue weighted by molar-refractivity contribution is -0.113. The Kier molecular flexibility index (Phi) is 6.15. The lowest BCUT2D eigenvalue weighted by Crippen LogP contribution is -2.14. The van der Waals surface area contributed by atoms with E-state index >= 15 is 0 Å². The second-order valence-electron chi connectivity index (χ2n) is 6.33. The number of nitrogens with one attached hydrogen (secondary N) is 1. The first-order chi connectivity index (χ1) is 14.6. The molecule has 3 heterocycles. The molecule has 0 atom stereocenters. The highest BCUT2D eigenvalue weighted by atomic mass is 32.2. The zero-order valence-corrected chi connectivity index (χ0v) is 18.0. The first-order valence-electron chi connectivity index (χ1n) is 9.07. The number of methoxy groups -OCH3 is 1. The molecule has 0 bridgehead atoms. The molecule has 30 heavy (non-hydrogen) atoms. The lowest BCUT2D eigenvalue weighted by atomic mass is 10.2. The molecule has 1 N–H and O–H groups in total. The lowest BCUT2D eigenvalue weighted by Gasteiger charge is -2.09.